The van der Waals surface area contributed by atoms with Crippen molar-refractivity contribution in [3.05, 3.63) is 71.5 Å². The Morgan fingerprint density at radius 3 is 2.25 bits per heavy atom. The molecule has 1 atom stereocenters. The van der Waals surface area contributed by atoms with E-state index in [4.69, 9.17) is 0 Å². The Bertz CT molecular complexity index is 686. The summed E-state index contributed by atoms with van der Waals surface area (Å²) in [6.45, 7) is 3.78. The molecule has 0 aliphatic heterocycles. The van der Waals surface area contributed by atoms with Gasteiger partial charge in [0.25, 0.3) is 0 Å². The summed E-state index contributed by atoms with van der Waals surface area (Å²) in [6, 6.07) is 14.9. The number of benzene rings is 2. The number of amides is 2. The van der Waals surface area contributed by atoms with Crippen LogP contribution in [0.5, 0.6) is 0 Å². The summed E-state index contributed by atoms with van der Waals surface area (Å²) >= 11 is 0. The minimum absolute atomic E-state index is 0.207. The Labute approximate surface area is 141 Å². The number of nitrogens with zero attached hydrogens (tertiary/aromatic N) is 1. The lowest BCUT2D eigenvalue weighted by Crippen LogP contribution is -2.46. The Morgan fingerprint density at radius 1 is 1.04 bits per heavy atom. The molecule has 2 aromatic carbocycles. The van der Waals surface area contributed by atoms with Gasteiger partial charge in [-0.05, 0) is 30.2 Å². The SMILES string of the molecule is CC(=O)N(Cc1ccc(F)cc1)[C@H](C)C(=O)NCc1ccccc1. The largest absolute Gasteiger partial charge is 0.350 e. The van der Waals surface area contributed by atoms with Crippen molar-refractivity contribution in [3.63, 3.8) is 0 Å². The predicted octanol–water partition coefficient (Wildman–Crippen LogP) is 2.88. The first-order valence-electron chi connectivity index (χ1n) is 7.80. The van der Waals surface area contributed by atoms with Crippen molar-refractivity contribution in [2.24, 2.45) is 0 Å². The number of carbonyl (C=O) groups is 2. The minimum Gasteiger partial charge on any atom is -0.350 e. The van der Waals surface area contributed by atoms with Gasteiger partial charge in [-0.1, -0.05) is 42.5 Å². The van der Waals surface area contributed by atoms with Crippen molar-refractivity contribution in [2.45, 2.75) is 33.0 Å². The summed E-state index contributed by atoms with van der Waals surface area (Å²) < 4.78 is 13.0. The normalized spacial score (nSPS) is 11.6. The van der Waals surface area contributed by atoms with Crippen LogP contribution in [0, 0.1) is 5.82 Å². The van der Waals surface area contributed by atoms with Gasteiger partial charge in [0.2, 0.25) is 11.8 Å². The number of nitrogens with one attached hydrogen (secondary N) is 1. The molecule has 0 saturated carbocycles. The highest BCUT2D eigenvalue weighted by atomic mass is 19.1. The van der Waals surface area contributed by atoms with E-state index >= 15 is 0 Å². The molecule has 4 nitrogen and oxygen atoms in total. The van der Waals surface area contributed by atoms with Crippen LogP contribution in [0.15, 0.2) is 54.6 Å². The third kappa shape index (κ3) is 4.91. The fourth-order valence-corrected chi connectivity index (χ4v) is 2.38. The molecule has 0 radical (unpaired) electrons. The van der Waals surface area contributed by atoms with Crippen LogP contribution in [0.25, 0.3) is 0 Å². The van der Waals surface area contributed by atoms with Crippen LogP contribution >= 0.6 is 0 Å². The highest BCUT2D eigenvalue weighted by Gasteiger charge is 2.23. The zero-order chi connectivity index (χ0) is 17.5. The van der Waals surface area contributed by atoms with E-state index in [0.29, 0.717) is 6.54 Å². The summed E-state index contributed by atoms with van der Waals surface area (Å²) in [5, 5.41) is 2.84. The van der Waals surface area contributed by atoms with Gasteiger partial charge >= 0.3 is 0 Å². The van der Waals surface area contributed by atoms with E-state index in [1.54, 1.807) is 19.1 Å². The summed E-state index contributed by atoms with van der Waals surface area (Å²) in [7, 11) is 0. The van der Waals surface area contributed by atoms with Crippen LogP contribution in [-0.4, -0.2) is 22.8 Å². The smallest absolute Gasteiger partial charge is 0.242 e. The molecule has 2 rings (SSSR count). The topological polar surface area (TPSA) is 49.4 Å². The van der Waals surface area contributed by atoms with Crippen LogP contribution in [-0.2, 0) is 22.7 Å². The van der Waals surface area contributed by atoms with Gasteiger partial charge in [0, 0.05) is 20.0 Å². The van der Waals surface area contributed by atoms with Crippen LogP contribution in [0.4, 0.5) is 4.39 Å². The van der Waals surface area contributed by atoms with Crippen molar-refractivity contribution >= 4 is 11.8 Å². The van der Waals surface area contributed by atoms with E-state index in [9.17, 15) is 14.0 Å². The molecule has 0 aromatic heterocycles. The van der Waals surface area contributed by atoms with Gasteiger partial charge in [-0.3, -0.25) is 9.59 Å². The van der Waals surface area contributed by atoms with E-state index in [1.165, 1.54) is 24.0 Å². The lowest BCUT2D eigenvalue weighted by molar-refractivity contribution is -0.139. The Morgan fingerprint density at radius 2 is 1.67 bits per heavy atom. The maximum atomic E-state index is 13.0. The zero-order valence-electron chi connectivity index (χ0n) is 13.8. The van der Waals surface area contributed by atoms with E-state index in [0.717, 1.165) is 11.1 Å². The molecule has 0 saturated heterocycles. The molecular weight excluding hydrogens is 307 g/mol. The second-order valence-corrected chi connectivity index (χ2v) is 5.65. The molecule has 0 aliphatic rings. The molecule has 2 amide bonds. The lowest BCUT2D eigenvalue weighted by Gasteiger charge is -2.27. The first-order chi connectivity index (χ1) is 11.5. The van der Waals surface area contributed by atoms with Crippen molar-refractivity contribution < 1.29 is 14.0 Å². The monoisotopic (exact) mass is 328 g/mol. The highest BCUT2D eigenvalue weighted by molar-refractivity contribution is 5.86. The molecule has 126 valence electrons. The number of rotatable bonds is 6. The van der Waals surface area contributed by atoms with Crippen LogP contribution in [0.1, 0.15) is 25.0 Å². The maximum Gasteiger partial charge on any atom is 0.242 e. The van der Waals surface area contributed by atoms with Crippen LogP contribution in [0.2, 0.25) is 0 Å². The molecule has 0 fully saturated rings. The number of hydrogen-bond donors (Lipinski definition) is 1. The second kappa shape index (κ2) is 8.24. The predicted molar refractivity (Wildman–Crippen MR) is 90.4 cm³/mol. The summed E-state index contributed by atoms with van der Waals surface area (Å²) in [6.07, 6.45) is 0. The van der Waals surface area contributed by atoms with Gasteiger partial charge in [-0.25, -0.2) is 4.39 Å². The molecule has 0 spiro atoms. The quantitative estimate of drug-likeness (QED) is 0.886. The summed E-state index contributed by atoms with van der Waals surface area (Å²) in [5.41, 5.74) is 1.76. The number of carbonyl (C=O) groups excluding carboxylic acids is 2. The Hall–Kier alpha value is -2.69. The minimum atomic E-state index is -0.615. The first-order valence-corrected chi connectivity index (χ1v) is 7.80. The van der Waals surface area contributed by atoms with Gasteiger partial charge in [0.15, 0.2) is 0 Å². The first kappa shape index (κ1) is 17.7. The average Bonchev–Trinajstić information content (AvgIpc) is 2.59. The highest BCUT2D eigenvalue weighted by Crippen LogP contribution is 2.11. The number of halogens is 1. The van der Waals surface area contributed by atoms with Gasteiger partial charge in [0.1, 0.15) is 11.9 Å². The van der Waals surface area contributed by atoms with E-state index in [1.807, 2.05) is 30.3 Å². The molecule has 0 aliphatic carbocycles. The van der Waals surface area contributed by atoms with Crippen LogP contribution in [0.3, 0.4) is 0 Å². The molecule has 2 aromatic rings. The van der Waals surface area contributed by atoms with Crippen molar-refractivity contribution in [1.29, 1.82) is 0 Å². The maximum absolute atomic E-state index is 13.0. The molecule has 1 N–H and O–H groups in total. The fraction of sp³-hybridized carbons (Fsp3) is 0.263. The van der Waals surface area contributed by atoms with E-state index in [-0.39, 0.29) is 24.2 Å². The van der Waals surface area contributed by atoms with Gasteiger partial charge in [-0.2, -0.15) is 0 Å². The van der Waals surface area contributed by atoms with Gasteiger partial charge in [0.05, 0.1) is 0 Å². The second-order valence-electron chi connectivity index (χ2n) is 5.65. The molecule has 0 bridgehead atoms. The third-order valence-corrected chi connectivity index (χ3v) is 3.83. The third-order valence-electron chi connectivity index (χ3n) is 3.83. The summed E-state index contributed by atoms with van der Waals surface area (Å²) in [4.78, 5) is 25.7. The van der Waals surface area contributed by atoms with Crippen LogP contribution < -0.4 is 5.32 Å². The van der Waals surface area contributed by atoms with Gasteiger partial charge in [-0.15, -0.1) is 0 Å². The van der Waals surface area contributed by atoms with E-state index in [2.05, 4.69) is 5.32 Å². The van der Waals surface area contributed by atoms with Crippen molar-refractivity contribution in [3.8, 4) is 0 Å². The molecule has 0 heterocycles. The molecule has 0 unspecified atom stereocenters. The molecule has 24 heavy (non-hydrogen) atoms. The standard InChI is InChI=1S/C19H21FN2O2/c1-14(19(24)21-12-16-6-4-3-5-7-16)22(15(2)23)13-17-8-10-18(20)11-9-17/h3-11,14H,12-13H2,1-2H3,(H,21,24)/t14-/m1/s1. The molecular formula is C19H21FN2O2. The zero-order valence-corrected chi connectivity index (χ0v) is 13.8. The molecule has 5 heteroatoms. The van der Waals surface area contributed by atoms with Crippen molar-refractivity contribution in [2.75, 3.05) is 0 Å². The lowest BCUT2D eigenvalue weighted by atomic mass is 10.1. The van der Waals surface area contributed by atoms with Gasteiger partial charge < -0.3 is 10.2 Å². The van der Waals surface area contributed by atoms with Crippen molar-refractivity contribution in [1.82, 2.24) is 10.2 Å². The average molecular weight is 328 g/mol. The Kier molecular flexibility index (Phi) is 6.07. The van der Waals surface area contributed by atoms with E-state index < -0.39 is 6.04 Å². The summed E-state index contributed by atoms with van der Waals surface area (Å²) in [5.74, 6) is -0.764. The number of hydrogen-bond acceptors (Lipinski definition) is 2. The fourth-order valence-electron chi connectivity index (χ4n) is 2.38. The Balaban J connectivity index is 1.99.